The van der Waals surface area contributed by atoms with Crippen LogP contribution in [0.2, 0.25) is 0 Å². The van der Waals surface area contributed by atoms with Crippen LogP contribution >= 0.6 is 0 Å². The van der Waals surface area contributed by atoms with Gasteiger partial charge in [-0.2, -0.15) is 5.10 Å². The minimum atomic E-state index is -2.99. The lowest BCUT2D eigenvalue weighted by Crippen LogP contribution is -2.24. The molecule has 2 heterocycles. The Bertz CT molecular complexity index is 919. The molecule has 0 spiro atoms. The quantitative estimate of drug-likeness (QED) is 0.889. The van der Waals surface area contributed by atoms with Gasteiger partial charge < -0.3 is 5.32 Å². The standard InChI is InChI=1S/C19H23N3O3S/c23-19(20-12-14-6-2-1-3-7-14)18-16-8-4-5-9-17(16)22(21-18)15-10-11-26(24,25)13-15/h1-3,6-7,15H,4-5,8-13H2,(H,20,23)/t15-/m0/s1. The number of carbonyl (C=O) groups is 1. The van der Waals surface area contributed by atoms with E-state index in [9.17, 15) is 13.2 Å². The first-order valence-electron chi connectivity index (χ1n) is 9.16. The Balaban J connectivity index is 1.59. The van der Waals surface area contributed by atoms with Gasteiger partial charge in [-0.3, -0.25) is 9.48 Å². The molecular weight excluding hydrogens is 350 g/mol. The Morgan fingerprint density at radius 2 is 1.96 bits per heavy atom. The van der Waals surface area contributed by atoms with Gasteiger partial charge in [0.25, 0.3) is 5.91 Å². The van der Waals surface area contributed by atoms with Crippen LogP contribution in [-0.4, -0.2) is 35.6 Å². The van der Waals surface area contributed by atoms with E-state index in [-0.39, 0.29) is 23.5 Å². The van der Waals surface area contributed by atoms with Crippen LogP contribution in [0.15, 0.2) is 30.3 Å². The number of hydrogen-bond acceptors (Lipinski definition) is 4. The van der Waals surface area contributed by atoms with E-state index in [1.54, 1.807) is 0 Å². The highest BCUT2D eigenvalue weighted by Crippen LogP contribution is 2.31. The van der Waals surface area contributed by atoms with Crippen LogP contribution < -0.4 is 5.32 Å². The predicted molar refractivity (Wildman–Crippen MR) is 98.8 cm³/mol. The van der Waals surface area contributed by atoms with E-state index in [2.05, 4.69) is 10.4 Å². The fraction of sp³-hybridized carbons (Fsp3) is 0.474. The number of sulfone groups is 1. The fourth-order valence-corrected chi connectivity index (χ4v) is 5.63. The molecule has 2 aromatic rings. The van der Waals surface area contributed by atoms with Crippen molar-refractivity contribution in [2.75, 3.05) is 11.5 Å². The van der Waals surface area contributed by atoms with Crippen LogP contribution in [0.1, 0.15) is 52.6 Å². The highest BCUT2D eigenvalue weighted by atomic mass is 32.2. The monoisotopic (exact) mass is 373 g/mol. The molecule has 26 heavy (non-hydrogen) atoms. The molecule has 4 rings (SSSR count). The van der Waals surface area contributed by atoms with E-state index in [0.717, 1.165) is 42.5 Å². The molecule has 6 nitrogen and oxygen atoms in total. The van der Waals surface area contributed by atoms with E-state index in [4.69, 9.17) is 0 Å². The second kappa shape index (κ2) is 6.87. The van der Waals surface area contributed by atoms with Crippen LogP contribution in [0, 0.1) is 0 Å². The number of hydrogen-bond donors (Lipinski definition) is 1. The van der Waals surface area contributed by atoms with E-state index in [1.807, 2.05) is 35.0 Å². The number of amides is 1. The fourth-order valence-electron chi connectivity index (χ4n) is 3.94. The maximum Gasteiger partial charge on any atom is 0.272 e. The summed E-state index contributed by atoms with van der Waals surface area (Å²) in [6, 6.07) is 9.63. The minimum Gasteiger partial charge on any atom is -0.347 e. The van der Waals surface area contributed by atoms with Gasteiger partial charge in [-0.25, -0.2) is 8.42 Å². The minimum absolute atomic E-state index is 0.131. The van der Waals surface area contributed by atoms with E-state index < -0.39 is 9.84 Å². The Hall–Kier alpha value is -2.15. The van der Waals surface area contributed by atoms with Crippen molar-refractivity contribution in [3.63, 3.8) is 0 Å². The normalized spacial score (nSPS) is 21.3. The Morgan fingerprint density at radius 3 is 2.69 bits per heavy atom. The van der Waals surface area contributed by atoms with Gasteiger partial charge in [0.05, 0.1) is 17.5 Å². The first-order chi connectivity index (χ1) is 12.5. The zero-order valence-electron chi connectivity index (χ0n) is 14.6. The topological polar surface area (TPSA) is 81.1 Å². The van der Waals surface area contributed by atoms with Gasteiger partial charge in [-0.05, 0) is 37.7 Å². The third-order valence-electron chi connectivity index (χ3n) is 5.27. The van der Waals surface area contributed by atoms with Gasteiger partial charge >= 0.3 is 0 Å². The van der Waals surface area contributed by atoms with Crippen molar-refractivity contribution in [1.29, 1.82) is 0 Å². The SMILES string of the molecule is O=C(NCc1ccccc1)c1nn([C@H]2CCS(=O)(=O)C2)c2c1CCCC2. The van der Waals surface area contributed by atoms with Gasteiger partial charge in [-0.15, -0.1) is 0 Å². The summed E-state index contributed by atoms with van der Waals surface area (Å²) >= 11 is 0. The number of rotatable bonds is 4. The molecule has 0 unspecified atom stereocenters. The maximum absolute atomic E-state index is 12.7. The molecule has 7 heteroatoms. The largest absolute Gasteiger partial charge is 0.347 e. The zero-order valence-corrected chi connectivity index (χ0v) is 15.5. The predicted octanol–water partition coefficient (Wildman–Crippen LogP) is 2.05. The van der Waals surface area contributed by atoms with Gasteiger partial charge in [0.15, 0.2) is 15.5 Å². The van der Waals surface area contributed by atoms with Crippen molar-refractivity contribution in [2.24, 2.45) is 0 Å². The highest BCUT2D eigenvalue weighted by molar-refractivity contribution is 7.91. The third kappa shape index (κ3) is 3.40. The van der Waals surface area contributed by atoms with Crippen molar-refractivity contribution in [1.82, 2.24) is 15.1 Å². The van der Waals surface area contributed by atoms with Crippen LogP contribution in [0.25, 0.3) is 0 Å². The number of nitrogens with one attached hydrogen (secondary N) is 1. The Morgan fingerprint density at radius 1 is 1.19 bits per heavy atom. The summed E-state index contributed by atoms with van der Waals surface area (Å²) in [6.07, 6.45) is 4.39. The van der Waals surface area contributed by atoms with Crippen molar-refractivity contribution < 1.29 is 13.2 Å². The lowest BCUT2D eigenvalue weighted by Gasteiger charge is -2.17. The second-order valence-corrected chi connectivity index (χ2v) is 9.38. The molecule has 2 aliphatic rings. The highest BCUT2D eigenvalue weighted by Gasteiger charge is 2.34. The summed E-state index contributed by atoms with van der Waals surface area (Å²) in [5, 5.41) is 7.54. The first-order valence-corrected chi connectivity index (χ1v) is 11.0. The van der Waals surface area contributed by atoms with E-state index in [1.165, 1.54) is 0 Å². The van der Waals surface area contributed by atoms with Gasteiger partial charge in [0.2, 0.25) is 0 Å². The Labute approximate surface area is 153 Å². The summed E-state index contributed by atoms with van der Waals surface area (Å²) in [5.41, 5.74) is 3.57. The molecule has 1 aliphatic carbocycles. The lowest BCUT2D eigenvalue weighted by molar-refractivity contribution is 0.0944. The maximum atomic E-state index is 12.7. The second-order valence-electron chi connectivity index (χ2n) is 7.15. The summed E-state index contributed by atoms with van der Waals surface area (Å²) in [6.45, 7) is 0.457. The molecule has 1 N–H and O–H groups in total. The molecular formula is C19H23N3O3S. The summed E-state index contributed by atoms with van der Waals surface area (Å²) in [5.74, 6) is 0.167. The molecule has 0 saturated carbocycles. The summed E-state index contributed by atoms with van der Waals surface area (Å²) in [7, 11) is -2.99. The average molecular weight is 373 g/mol. The summed E-state index contributed by atoms with van der Waals surface area (Å²) in [4.78, 5) is 12.7. The molecule has 1 aliphatic heterocycles. The number of benzene rings is 1. The van der Waals surface area contributed by atoms with Crippen molar-refractivity contribution in [3.05, 3.63) is 52.8 Å². The molecule has 1 atom stereocenters. The number of nitrogens with zero attached hydrogens (tertiary/aromatic N) is 2. The average Bonchev–Trinajstić information content (AvgIpc) is 3.21. The molecule has 1 aromatic carbocycles. The van der Waals surface area contributed by atoms with Gasteiger partial charge in [0.1, 0.15) is 0 Å². The number of fused-ring (bicyclic) bond motifs is 1. The smallest absolute Gasteiger partial charge is 0.272 e. The van der Waals surface area contributed by atoms with Crippen molar-refractivity contribution in [2.45, 2.75) is 44.7 Å². The van der Waals surface area contributed by atoms with Crippen LogP contribution in [0.5, 0.6) is 0 Å². The number of aromatic nitrogens is 2. The van der Waals surface area contributed by atoms with Crippen LogP contribution in [-0.2, 0) is 29.2 Å². The van der Waals surface area contributed by atoms with Crippen molar-refractivity contribution in [3.8, 4) is 0 Å². The molecule has 0 radical (unpaired) electrons. The molecule has 1 amide bonds. The van der Waals surface area contributed by atoms with Gasteiger partial charge in [-0.1, -0.05) is 30.3 Å². The number of carbonyl (C=O) groups excluding carboxylic acids is 1. The Kier molecular flexibility index (Phi) is 4.56. The molecule has 1 aromatic heterocycles. The molecule has 1 saturated heterocycles. The third-order valence-corrected chi connectivity index (χ3v) is 7.02. The molecule has 0 bridgehead atoms. The molecule has 1 fully saturated rings. The summed E-state index contributed by atoms with van der Waals surface area (Å²) < 4.78 is 25.6. The van der Waals surface area contributed by atoms with E-state index in [0.29, 0.717) is 18.7 Å². The van der Waals surface area contributed by atoms with Gasteiger partial charge in [0, 0.05) is 17.8 Å². The lowest BCUT2D eigenvalue weighted by atomic mass is 9.95. The van der Waals surface area contributed by atoms with Crippen molar-refractivity contribution >= 4 is 15.7 Å². The van der Waals surface area contributed by atoms with Crippen LogP contribution in [0.3, 0.4) is 0 Å². The van der Waals surface area contributed by atoms with Crippen LogP contribution in [0.4, 0.5) is 0 Å². The molecule has 138 valence electrons. The first kappa shape index (κ1) is 17.3. The van der Waals surface area contributed by atoms with E-state index >= 15 is 0 Å². The zero-order chi connectivity index (χ0) is 18.1.